The van der Waals surface area contributed by atoms with Crippen LogP contribution in [0.1, 0.15) is 49.0 Å². The third-order valence-electron chi connectivity index (χ3n) is 6.85. The third-order valence-corrected chi connectivity index (χ3v) is 8.70. The molecule has 3 N–H and O–H groups in total. The van der Waals surface area contributed by atoms with E-state index < -0.39 is 10.0 Å². The van der Waals surface area contributed by atoms with Crippen molar-refractivity contribution >= 4 is 27.5 Å². The average molecular weight is 499 g/mol. The number of piperidine rings is 1. The highest BCUT2D eigenvalue weighted by Gasteiger charge is 2.32. The van der Waals surface area contributed by atoms with Crippen LogP contribution in [0.5, 0.6) is 0 Å². The van der Waals surface area contributed by atoms with Crippen LogP contribution in [0.15, 0.2) is 53.4 Å². The first kappa shape index (κ1) is 25.3. The zero-order chi connectivity index (χ0) is 25.2. The number of carbonyl (C=O) groups excluding carboxylic acids is 2. The summed E-state index contributed by atoms with van der Waals surface area (Å²) in [7, 11) is -3.59. The number of hydrogen-bond donors (Lipinski definition) is 2. The maximum atomic E-state index is 13.1. The summed E-state index contributed by atoms with van der Waals surface area (Å²) >= 11 is 0. The molecular formula is C26H34N4O4S. The lowest BCUT2D eigenvalue weighted by molar-refractivity contribution is -0.122. The minimum Gasteiger partial charge on any atom is -0.368 e. The van der Waals surface area contributed by atoms with Crippen molar-refractivity contribution in [3.05, 3.63) is 59.7 Å². The van der Waals surface area contributed by atoms with Gasteiger partial charge in [-0.05, 0) is 79.6 Å². The molecule has 2 saturated heterocycles. The standard InChI is InChI=1S/C26H34N4O4S/c1-18-13-19(2)16-30(15-18)35(33,34)23-10-8-21(9-11-23)26(32)28-22-6-3-5-20(14-22)17-29-12-4-7-24(29)25(27)31/h3,5-6,8-11,14,18-19,24H,4,7,12-13,15-17H2,1-2H3,(H2,27,31)(H,28,32). The van der Waals surface area contributed by atoms with E-state index in [0.717, 1.165) is 31.4 Å². The number of nitrogens with zero attached hydrogens (tertiary/aromatic N) is 2. The molecule has 0 aromatic heterocycles. The smallest absolute Gasteiger partial charge is 0.255 e. The summed E-state index contributed by atoms with van der Waals surface area (Å²) < 4.78 is 27.7. The van der Waals surface area contributed by atoms with Crippen molar-refractivity contribution in [3.63, 3.8) is 0 Å². The van der Waals surface area contributed by atoms with Crippen LogP contribution < -0.4 is 11.1 Å². The molecule has 2 aliphatic rings. The first-order chi connectivity index (χ1) is 16.6. The lowest BCUT2D eigenvalue weighted by Crippen LogP contribution is -2.42. The molecule has 0 radical (unpaired) electrons. The van der Waals surface area contributed by atoms with E-state index in [-0.39, 0.29) is 22.8 Å². The molecule has 4 rings (SSSR count). The third kappa shape index (κ3) is 5.91. The molecule has 3 atom stereocenters. The molecule has 35 heavy (non-hydrogen) atoms. The average Bonchev–Trinajstić information content (AvgIpc) is 3.27. The van der Waals surface area contributed by atoms with E-state index in [0.29, 0.717) is 42.7 Å². The summed E-state index contributed by atoms with van der Waals surface area (Å²) in [4.78, 5) is 26.7. The Balaban J connectivity index is 1.42. The van der Waals surface area contributed by atoms with Crippen LogP contribution in [0, 0.1) is 11.8 Å². The van der Waals surface area contributed by atoms with Gasteiger partial charge in [0.2, 0.25) is 15.9 Å². The first-order valence-electron chi connectivity index (χ1n) is 12.2. The van der Waals surface area contributed by atoms with Gasteiger partial charge in [-0.2, -0.15) is 4.31 Å². The number of nitrogens with one attached hydrogen (secondary N) is 1. The minimum atomic E-state index is -3.59. The van der Waals surface area contributed by atoms with E-state index in [4.69, 9.17) is 5.73 Å². The molecule has 2 fully saturated rings. The van der Waals surface area contributed by atoms with E-state index in [9.17, 15) is 18.0 Å². The molecule has 2 aromatic carbocycles. The van der Waals surface area contributed by atoms with Gasteiger partial charge >= 0.3 is 0 Å². The summed E-state index contributed by atoms with van der Waals surface area (Å²) in [5.41, 5.74) is 7.50. The summed E-state index contributed by atoms with van der Waals surface area (Å²) in [6, 6.07) is 13.3. The molecule has 3 unspecified atom stereocenters. The van der Waals surface area contributed by atoms with Crippen molar-refractivity contribution in [1.29, 1.82) is 0 Å². The highest BCUT2D eigenvalue weighted by molar-refractivity contribution is 7.89. The van der Waals surface area contributed by atoms with E-state index in [1.807, 2.05) is 18.2 Å². The molecule has 0 aliphatic carbocycles. The SMILES string of the molecule is CC1CC(C)CN(S(=O)(=O)c2ccc(C(=O)Nc3cccc(CN4CCCC4C(N)=O)c3)cc2)C1. The second kappa shape index (κ2) is 10.5. The zero-order valence-corrected chi connectivity index (χ0v) is 21.1. The van der Waals surface area contributed by atoms with Gasteiger partial charge in [-0.15, -0.1) is 0 Å². The second-order valence-electron chi connectivity index (χ2n) is 9.98. The number of carbonyl (C=O) groups is 2. The monoisotopic (exact) mass is 498 g/mol. The van der Waals surface area contributed by atoms with E-state index in [2.05, 4.69) is 24.1 Å². The van der Waals surface area contributed by atoms with E-state index in [1.54, 1.807) is 22.5 Å². The molecule has 8 nitrogen and oxygen atoms in total. The van der Waals surface area contributed by atoms with Gasteiger partial charge in [0, 0.05) is 30.9 Å². The fourth-order valence-corrected chi connectivity index (χ4v) is 6.93. The van der Waals surface area contributed by atoms with Crippen LogP contribution in [0.3, 0.4) is 0 Å². The maximum Gasteiger partial charge on any atom is 0.255 e. The maximum absolute atomic E-state index is 13.1. The Bertz CT molecular complexity index is 1170. The van der Waals surface area contributed by atoms with Gasteiger partial charge in [0.15, 0.2) is 0 Å². The van der Waals surface area contributed by atoms with Crippen LogP contribution in [0.25, 0.3) is 0 Å². The number of benzene rings is 2. The van der Waals surface area contributed by atoms with Crippen LogP contribution in [-0.4, -0.2) is 55.1 Å². The van der Waals surface area contributed by atoms with Gasteiger partial charge in [-0.1, -0.05) is 26.0 Å². The Hall–Kier alpha value is -2.75. The van der Waals surface area contributed by atoms with Crippen molar-refractivity contribution < 1.29 is 18.0 Å². The molecule has 0 bridgehead atoms. The number of sulfonamides is 1. The van der Waals surface area contributed by atoms with Crippen LogP contribution in [0.2, 0.25) is 0 Å². The minimum absolute atomic E-state index is 0.201. The topological polar surface area (TPSA) is 113 Å². The Morgan fingerprint density at radius 1 is 1.06 bits per heavy atom. The van der Waals surface area contributed by atoms with Gasteiger partial charge < -0.3 is 11.1 Å². The number of primary amides is 1. The number of amides is 2. The Morgan fingerprint density at radius 2 is 1.74 bits per heavy atom. The molecule has 0 saturated carbocycles. The summed E-state index contributed by atoms with van der Waals surface area (Å²) in [6.45, 7) is 6.57. The lowest BCUT2D eigenvalue weighted by Gasteiger charge is -2.34. The second-order valence-corrected chi connectivity index (χ2v) is 11.9. The number of anilines is 1. The summed E-state index contributed by atoms with van der Waals surface area (Å²) in [6.07, 6.45) is 2.73. The van der Waals surface area contributed by atoms with Gasteiger partial charge in [-0.25, -0.2) is 8.42 Å². The van der Waals surface area contributed by atoms with Crippen molar-refractivity contribution in [2.45, 2.75) is 50.6 Å². The predicted octanol–water partition coefficient (Wildman–Crippen LogP) is 3.06. The molecular weight excluding hydrogens is 464 g/mol. The summed E-state index contributed by atoms with van der Waals surface area (Å²) in [5, 5.41) is 2.88. The molecule has 188 valence electrons. The fourth-order valence-electron chi connectivity index (χ4n) is 5.25. The largest absolute Gasteiger partial charge is 0.368 e. The quantitative estimate of drug-likeness (QED) is 0.609. The Kier molecular flexibility index (Phi) is 7.59. The number of rotatable bonds is 7. The molecule has 9 heteroatoms. The normalized spacial score (nSPS) is 23.8. The fraction of sp³-hybridized carbons (Fsp3) is 0.462. The number of hydrogen-bond acceptors (Lipinski definition) is 5. The number of likely N-dealkylation sites (tertiary alicyclic amines) is 1. The molecule has 0 spiro atoms. The summed E-state index contributed by atoms with van der Waals surface area (Å²) in [5.74, 6) is 0.0206. The highest BCUT2D eigenvalue weighted by Crippen LogP contribution is 2.27. The Morgan fingerprint density at radius 3 is 2.40 bits per heavy atom. The molecule has 2 aliphatic heterocycles. The van der Waals surface area contributed by atoms with Gasteiger partial charge in [-0.3, -0.25) is 14.5 Å². The highest BCUT2D eigenvalue weighted by atomic mass is 32.2. The lowest BCUT2D eigenvalue weighted by atomic mass is 9.94. The molecule has 2 heterocycles. The van der Waals surface area contributed by atoms with Crippen molar-refractivity contribution in [3.8, 4) is 0 Å². The van der Waals surface area contributed by atoms with Crippen molar-refractivity contribution in [2.75, 3.05) is 25.0 Å². The van der Waals surface area contributed by atoms with Crippen molar-refractivity contribution in [1.82, 2.24) is 9.21 Å². The Labute approximate surface area is 207 Å². The van der Waals surface area contributed by atoms with Crippen LogP contribution >= 0.6 is 0 Å². The molecule has 2 amide bonds. The van der Waals surface area contributed by atoms with Crippen LogP contribution in [0.4, 0.5) is 5.69 Å². The molecule has 2 aromatic rings. The first-order valence-corrected chi connectivity index (χ1v) is 13.6. The van der Waals surface area contributed by atoms with Gasteiger partial charge in [0.05, 0.1) is 10.9 Å². The predicted molar refractivity (Wildman–Crippen MR) is 135 cm³/mol. The van der Waals surface area contributed by atoms with Crippen LogP contribution in [-0.2, 0) is 21.4 Å². The number of nitrogens with two attached hydrogens (primary N) is 1. The van der Waals surface area contributed by atoms with Gasteiger partial charge in [0.1, 0.15) is 0 Å². The van der Waals surface area contributed by atoms with Gasteiger partial charge in [0.25, 0.3) is 5.91 Å². The zero-order valence-electron chi connectivity index (χ0n) is 20.3. The van der Waals surface area contributed by atoms with E-state index in [1.165, 1.54) is 12.1 Å². The van der Waals surface area contributed by atoms with E-state index >= 15 is 0 Å². The van der Waals surface area contributed by atoms with Crippen molar-refractivity contribution in [2.24, 2.45) is 17.6 Å².